The second-order valence-corrected chi connectivity index (χ2v) is 8.45. The molecule has 34 heavy (non-hydrogen) atoms. The summed E-state index contributed by atoms with van der Waals surface area (Å²) >= 11 is 24.5. The molecule has 3 rings (SSSR count). The number of carbonyl (C=O) groups excluding carboxylic acids is 1. The smallest absolute Gasteiger partial charge is 0.271 e. The second-order valence-electron chi connectivity index (χ2n) is 6.76. The molecule has 0 aliphatic carbocycles. The van der Waals surface area contributed by atoms with Crippen LogP contribution in [0.4, 0.5) is 11.4 Å². The number of hydrogen-bond donors (Lipinski definition) is 1. The summed E-state index contributed by atoms with van der Waals surface area (Å²) in [5.41, 5.74) is 0.542. The van der Waals surface area contributed by atoms with Crippen LogP contribution in [0.25, 0.3) is 6.08 Å². The molecule has 0 radical (unpaired) electrons. The number of halogens is 4. The monoisotopic (exact) mass is 535 g/mol. The van der Waals surface area contributed by atoms with E-state index in [2.05, 4.69) is 5.32 Å². The predicted molar refractivity (Wildman–Crippen MR) is 133 cm³/mol. The molecule has 3 aromatic rings. The van der Waals surface area contributed by atoms with E-state index >= 15 is 0 Å². The molecule has 0 spiro atoms. The van der Waals surface area contributed by atoms with Gasteiger partial charge in [-0.2, -0.15) is 5.26 Å². The fraction of sp³-hybridized carbons (Fsp3) is 0.0435. The lowest BCUT2D eigenvalue weighted by atomic mass is 10.1. The predicted octanol–water partition coefficient (Wildman–Crippen LogP) is 7.33. The molecule has 1 amide bonds. The van der Waals surface area contributed by atoms with Crippen molar-refractivity contribution < 1.29 is 14.5 Å². The molecule has 0 bridgehead atoms. The first kappa shape index (κ1) is 25.3. The third-order valence-electron chi connectivity index (χ3n) is 4.40. The van der Waals surface area contributed by atoms with Gasteiger partial charge in [0.2, 0.25) is 0 Å². The van der Waals surface area contributed by atoms with Crippen LogP contribution in [-0.2, 0) is 11.4 Å². The zero-order valence-corrected chi connectivity index (χ0v) is 20.0. The van der Waals surface area contributed by atoms with Gasteiger partial charge >= 0.3 is 0 Å². The number of rotatable bonds is 7. The molecule has 3 aromatic carbocycles. The summed E-state index contributed by atoms with van der Waals surface area (Å²) in [5, 5.41) is 24.2. The van der Waals surface area contributed by atoms with Crippen molar-refractivity contribution in [1.29, 1.82) is 5.26 Å². The van der Waals surface area contributed by atoms with E-state index in [4.69, 9.17) is 51.1 Å². The van der Waals surface area contributed by atoms with Gasteiger partial charge in [0.05, 0.1) is 9.95 Å². The minimum Gasteiger partial charge on any atom is -0.487 e. The Balaban J connectivity index is 1.90. The molecular weight excluding hydrogens is 524 g/mol. The number of non-ortho nitro benzene ring substituents is 1. The van der Waals surface area contributed by atoms with E-state index < -0.39 is 10.8 Å². The van der Waals surface area contributed by atoms with Crippen molar-refractivity contribution in [2.45, 2.75) is 6.61 Å². The minimum atomic E-state index is -0.786. The molecule has 11 heteroatoms. The van der Waals surface area contributed by atoms with Crippen molar-refractivity contribution in [3.8, 4) is 11.8 Å². The molecule has 0 aliphatic rings. The van der Waals surface area contributed by atoms with E-state index in [9.17, 15) is 20.2 Å². The quantitative estimate of drug-likeness (QED) is 0.147. The first-order valence-corrected chi connectivity index (χ1v) is 10.9. The highest BCUT2D eigenvalue weighted by molar-refractivity contribution is 6.36. The van der Waals surface area contributed by atoms with E-state index in [1.54, 1.807) is 24.3 Å². The number of nitro benzene ring substituents is 1. The zero-order valence-electron chi connectivity index (χ0n) is 17.0. The number of nitrogens with one attached hydrogen (secondary N) is 1. The largest absolute Gasteiger partial charge is 0.487 e. The topological polar surface area (TPSA) is 105 Å². The van der Waals surface area contributed by atoms with Crippen LogP contribution in [0.15, 0.2) is 60.2 Å². The van der Waals surface area contributed by atoms with Crippen LogP contribution >= 0.6 is 46.4 Å². The maximum Gasteiger partial charge on any atom is 0.271 e. The molecule has 0 aromatic heterocycles. The van der Waals surface area contributed by atoms with Crippen molar-refractivity contribution in [3.63, 3.8) is 0 Å². The molecule has 1 N–H and O–H groups in total. The Morgan fingerprint density at radius 1 is 1.06 bits per heavy atom. The number of amides is 1. The van der Waals surface area contributed by atoms with Crippen molar-refractivity contribution in [2.75, 3.05) is 5.32 Å². The Morgan fingerprint density at radius 3 is 2.47 bits per heavy atom. The maximum atomic E-state index is 12.7. The fourth-order valence-corrected chi connectivity index (χ4v) is 3.85. The van der Waals surface area contributed by atoms with Crippen LogP contribution in [0.5, 0.6) is 5.75 Å². The number of carbonyl (C=O) groups is 1. The van der Waals surface area contributed by atoms with Gasteiger partial charge in [0.1, 0.15) is 24.0 Å². The van der Waals surface area contributed by atoms with Crippen LogP contribution in [0.2, 0.25) is 20.1 Å². The lowest BCUT2D eigenvalue weighted by Crippen LogP contribution is -2.13. The normalized spacial score (nSPS) is 11.0. The van der Waals surface area contributed by atoms with Crippen molar-refractivity contribution in [2.24, 2.45) is 0 Å². The van der Waals surface area contributed by atoms with E-state index in [1.165, 1.54) is 42.5 Å². The number of nitro groups is 1. The Bertz CT molecular complexity index is 1350. The van der Waals surface area contributed by atoms with E-state index in [1.807, 2.05) is 0 Å². The lowest BCUT2D eigenvalue weighted by Gasteiger charge is -2.13. The van der Waals surface area contributed by atoms with Crippen LogP contribution in [0, 0.1) is 21.4 Å². The van der Waals surface area contributed by atoms with Crippen LogP contribution < -0.4 is 10.1 Å². The highest BCUT2D eigenvalue weighted by atomic mass is 35.5. The third-order valence-corrected chi connectivity index (χ3v) is 5.49. The number of anilines is 1. The molecule has 172 valence electrons. The number of ether oxygens (including phenoxy) is 1. The van der Waals surface area contributed by atoms with Gasteiger partial charge < -0.3 is 10.1 Å². The minimum absolute atomic E-state index is 0.0277. The standard InChI is InChI=1S/C23H13Cl4N3O4/c24-16-5-4-13(20(26)8-16)12-34-22-14(7-17(25)9-21(22)27)6-15(11-28)23(31)29-18-2-1-3-19(10-18)30(32)33/h1-10H,12H2,(H,29,31)/b15-6+. The van der Waals surface area contributed by atoms with Gasteiger partial charge in [0, 0.05) is 44.0 Å². The van der Waals surface area contributed by atoms with Gasteiger partial charge in [-0.3, -0.25) is 14.9 Å². The summed E-state index contributed by atoms with van der Waals surface area (Å²) in [6.45, 7) is 0.0277. The average molecular weight is 537 g/mol. The molecule has 0 atom stereocenters. The summed E-state index contributed by atoms with van der Waals surface area (Å²) < 4.78 is 5.84. The Kier molecular flexibility index (Phi) is 8.37. The van der Waals surface area contributed by atoms with E-state index in [0.29, 0.717) is 15.6 Å². The summed E-state index contributed by atoms with van der Waals surface area (Å²) in [4.78, 5) is 23.0. The van der Waals surface area contributed by atoms with Crippen molar-refractivity contribution >= 4 is 69.8 Å². The maximum absolute atomic E-state index is 12.7. The number of benzene rings is 3. The molecule has 7 nitrogen and oxygen atoms in total. The van der Waals surface area contributed by atoms with Crippen molar-refractivity contribution in [3.05, 3.63) is 102 Å². The Morgan fingerprint density at radius 2 is 1.79 bits per heavy atom. The summed E-state index contributed by atoms with van der Waals surface area (Å²) in [6, 6.07) is 15.0. The SMILES string of the molecule is N#C/C(=C\c1cc(Cl)cc(Cl)c1OCc1ccc(Cl)cc1Cl)C(=O)Nc1cccc([N+](=O)[O-])c1. The number of nitriles is 1. The Labute approximate surface area is 214 Å². The van der Waals surface area contributed by atoms with Gasteiger partial charge in [0.15, 0.2) is 0 Å². The fourth-order valence-electron chi connectivity index (χ4n) is 2.83. The van der Waals surface area contributed by atoms with Crippen LogP contribution in [-0.4, -0.2) is 10.8 Å². The van der Waals surface area contributed by atoms with Gasteiger partial charge in [-0.05, 0) is 36.4 Å². The molecular formula is C23H13Cl4N3O4. The molecule has 0 saturated heterocycles. The second kappa shape index (κ2) is 11.2. The van der Waals surface area contributed by atoms with Crippen LogP contribution in [0.1, 0.15) is 11.1 Å². The highest BCUT2D eigenvalue weighted by Crippen LogP contribution is 2.35. The van der Waals surface area contributed by atoms with Crippen LogP contribution in [0.3, 0.4) is 0 Å². The molecule has 0 fully saturated rings. The van der Waals surface area contributed by atoms with E-state index in [0.717, 1.165) is 0 Å². The summed E-state index contributed by atoms with van der Waals surface area (Å²) in [6.07, 6.45) is 1.25. The first-order chi connectivity index (χ1) is 16.2. The van der Waals surface area contributed by atoms with Gasteiger partial charge in [-0.1, -0.05) is 58.5 Å². The summed E-state index contributed by atoms with van der Waals surface area (Å²) in [7, 11) is 0. The highest BCUT2D eigenvalue weighted by Gasteiger charge is 2.16. The Hall–Kier alpha value is -3.28. The van der Waals surface area contributed by atoms with Gasteiger partial charge in [-0.25, -0.2) is 0 Å². The average Bonchev–Trinajstić information content (AvgIpc) is 2.77. The molecule has 0 aliphatic heterocycles. The third kappa shape index (κ3) is 6.40. The summed E-state index contributed by atoms with van der Waals surface area (Å²) in [5.74, 6) is -0.612. The molecule has 0 heterocycles. The molecule has 0 saturated carbocycles. The molecule has 0 unspecified atom stereocenters. The number of hydrogen-bond acceptors (Lipinski definition) is 5. The van der Waals surface area contributed by atoms with Crippen molar-refractivity contribution in [1.82, 2.24) is 0 Å². The van der Waals surface area contributed by atoms with Gasteiger partial charge in [-0.15, -0.1) is 0 Å². The zero-order chi connectivity index (χ0) is 24.8. The lowest BCUT2D eigenvalue weighted by molar-refractivity contribution is -0.384. The number of nitrogens with zero attached hydrogens (tertiary/aromatic N) is 2. The first-order valence-electron chi connectivity index (χ1n) is 9.41. The van der Waals surface area contributed by atoms with E-state index in [-0.39, 0.29) is 44.9 Å². The van der Waals surface area contributed by atoms with Gasteiger partial charge in [0.25, 0.3) is 11.6 Å².